The quantitative estimate of drug-likeness (QED) is 0.824. The van der Waals surface area contributed by atoms with Crippen LogP contribution in [0.2, 0.25) is 5.02 Å². The van der Waals surface area contributed by atoms with Gasteiger partial charge in [0.2, 0.25) is 5.91 Å². The summed E-state index contributed by atoms with van der Waals surface area (Å²) >= 11 is 5.79. The molecular formula is C13H15ClN2O. The molecule has 0 radical (unpaired) electrons. The van der Waals surface area contributed by atoms with E-state index in [0.29, 0.717) is 11.4 Å². The molecule has 0 bridgehead atoms. The number of carbonyl (C=O) groups excluding carboxylic acids is 1. The zero-order chi connectivity index (χ0) is 12.8. The predicted octanol–water partition coefficient (Wildman–Crippen LogP) is 3.16. The van der Waals surface area contributed by atoms with Gasteiger partial charge in [-0.05, 0) is 24.1 Å². The summed E-state index contributed by atoms with van der Waals surface area (Å²) in [6.45, 7) is 1.94. The molecule has 1 aromatic carbocycles. The Morgan fingerprint density at radius 1 is 1.47 bits per heavy atom. The van der Waals surface area contributed by atoms with E-state index < -0.39 is 6.04 Å². The van der Waals surface area contributed by atoms with E-state index in [1.54, 1.807) is 31.3 Å². The molecule has 0 fully saturated rings. The van der Waals surface area contributed by atoms with Crippen molar-refractivity contribution in [1.29, 1.82) is 5.26 Å². The third-order valence-electron chi connectivity index (χ3n) is 2.55. The molecule has 1 unspecified atom stereocenters. The Bertz CT molecular complexity index is 422. The number of hydrogen-bond donors (Lipinski definition) is 0. The van der Waals surface area contributed by atoms with Gasteiger partial charge in [-0.3, -0.25) is 4.79 Å². The lowest BCUT2D eigenvalue weighted by atomic mass is 10.1. The third-order valence-corrected chi connectivity index (χ3v) is 2.80. The number of benzene rings is 1. The Hall–Kier alpha value is -1.53. The normalized spacial score (nSPS) is 11.6. The molecule has 1 amide bonds. The van der Waals surface area contributed by atoms with Crippen molar-refractivity contribution >= 4 is 17.5 Å². The Kier molecular flexibility index (Phi) is 4.99. The summed E-state index contributed by atoms with van der Waals surface area (Å²) in [7, 11) is 1.65. The van der Waals surface area contributed by atoms with Gasteiger partial charge in [-0.1, -0.05) is 30.7 Å². The monoisotopic (exact) mass is 250 g/mol. The van der Waals surface area contributed by atoms with Crippen LogP contribution in [0.5, 0.6) is 0 Å². The summed E-state index contributed by atoms with van der Waals surface area (Å²) in [6.07, 6.45) is 1.24. The highest BCUT2D eigenvalue weighted by atomic mass is 35.5. The van der Waals surface area contributed by atoms with E-state index in [-0.39, 0.29) is 5.91 Å². The van der Waals surface area contributed by atoms with E-state index >= 15 is 0 Å². The Labute approximate surface area is 107 Å². The van der Waals surface area contributed by atoms with Crippen molar-refractivity contribution in [2.24, 2.45) is 0 Å². The average molecular weight is 251 g/mol. The second-order valence-corrected chi connectivity index (χ2v) is 4.27. The summed E-state index contributed by atoms with van der Waals surface area (Å²) in [4.78, 5) is 13.2. The van der Waals surface area contributed by atoms with Gasteiger partial charge in [-0.15, -0.1) is 0 Å². The zero-order valence-electron chi connectivity index (χ0n) is 9.98. The maximum Gasteiger partial charge on any atom is 0.223 e. The molecule has 3 nitrogen and oxygen atoms in total. The van der Waals surface area contributed by atoms with E-state index in [9.17, 15) is 4.79 Å². The lowest BCUT2D eigenvalue weighted by Crippen LogP contribution is -2.30. The van der Waals surface area contributed by atoms with Crippen LogP contribution in [0.15, 0.2) is 24.3 Å². The second-order valence-electron chi connectivity index (χ2n) is 3.84. The first-order chi connectivity index (χ1) is 8.10. The standard InChI is InChI=1S/C13H15ClN2O/c1-3-4-13(17)16(2)12(9-15)10-5-7-11(14)8-6-10/h5-8,12H,3-4H2,1-2H3. The smallest absolute Gasteiger partial charge is 0.223 e. The molecule has 0 saturated heterocycles. The van der Waals surface area contributed by atoms with Crippen LogP contribution in [0.25, 0.3) is 0 Å². The summed E-state index contributed by atoms with van der Waals surface area (Å²) < 4.78 is 0. The van der Waals surface area contributed by atoms with Crippen LogP contribution < -0.4 is 0 Å². The third kappa shape index (κ3) is 3.47. The molecule has 0 aliphatic heterocycles. The van der Waals surface area contributed by atoms with E-state index in [1.165, 1.54) is 4.90 Å². The van der Waals surface area contributed by atoms with Gasteiger partial charge >= 0.3 is 0 Å². The van der Waals surface area contributed by atoms with Crippen molar-refractivity contribution in [3.8, 4) is 6.07 Å². The summed E-state index contributed by atoms with van der Waals surface area (Å²) in [5, 5.41) is 9.78. The number of carbonyl (C=O) groups is 1. The van der Waals surface area contributed by atoms with Crippen molar-refractivity contribution in [1.82, 2.24) is 4.90 Å². The van der Waals surface area contributed by atoms with Crippen LogP contribution in [-0.2, 0) is 4.79 Å². The first kappa shape index (κ1) is 13.5. The molecule has 17 heavy (non-hydrogen) atoms. The van der Waals surface area contributed by atoms with Gasteiger partial charge in [0.05, 0.1) is 6.07 Å². The van der Waals surface area contributed by atoms with Gasteiger partial charge < -0.3 is 4.90 Å². The zero-order valence-corrected chi connectivity index (χ0v) is 10.7. The van der Waals surface area contributed by atoms with E-state index in [2.05, 4.69) is 6.07 Å². The maximum absolute atomic E-state index is 11.7. The molecule has 0 N–H and O–H groups in total. The Balaban J connectivity index is 2.88. The predicted molar refractivity (Wildman–Crippen MR) is 67.5 cm³/mol. The molecule has 0 aromatic heterocycles. The number of amides is 1. The molecule has 0 saturated carbocycles. The fraction of sp³-hybridized carbons (Fsp3) is 0.385. The van der Waals surface area contributed by atoms with Crippen molar-refractivity contribution in [3.05, 3.63) is 34.9 Å². The molecule has 0 heterocycles. The highest BCUT2D eigenvalue weighted by Gasteiger charge is 2.20. The first-order valence-corrected chi connectivity index (χ1v) is 5.88. The molecule has 4 heteroatoms. The fourth-order valence-electron chi connectivity index (χ4n) is 1.56. The topological polar surface area (TPSA) is 44.1 Å². The van der Waals surface area contributed by atoms with Crippen LogP contribution in [0.4, 0.5) is 0 Å². The molecule has 1 rings (SSSR count). The summed E-state index contributed by atoms with van der Waals surface area (Å²) in [6, 6.07) is 8.57. The second kappa shape index (κ2) is 6.27. The minimum Gasteiger partial charge on any atom is -0.326 e. The molecule has 0 spiro atoms. The average Bonchev–Trinajstić information content (AvgIpc) is 2.32. The molecule has 90 valence electrons. The lowest BCUT2D eigenvalue weighted by molar-refractivity contribution is -0.131. The number of hydrogen-bond acceptors (Lipinski definition) is 2. The molecular weight excluding hydrogens is 236 g/mol. The number of rotatable bonds is 4. The van der Waals surface area contributed by atoms with Crippen molar-refractivity contribution in [3.63, 3.8) is 0 Å². The number of halogens is 1. The number of nitrogens with zero attached hydrogens (tertiary/aromatic N) is 2. The van der Waals surface area contributed by atoms with Crippen LogP contribution >= 0.6 is 11.6 Å². The van der Waals surface area contributed by atoms with Crippen LogP contribution in [0, 0.1) is 11.3 Å². The largest absolute Gasteiger partial charge is 0.326 e. The van der Waals surface area contributed by atoms with Crippen LogP contribution in [-0.4, -0.2) is 17.9 Å². The fourth-order valence-corrected chi connectivity index (χ4v) is 1.69. The Morgan fingerprint density at radius 3 is 2.53 bits per heavy atom. The van der Waals surface area contributed by atoms with Gasteiger partial charge in [-0.25, -0.2) is 0 Å². The van der Waals surface area contributed by atoms with E-state index in [1.807, 2.05) is 6.92 Å². The highest BCUT2D eigenvalue weighted by Crippen LogP contribution is 2.21. The van der Waals surface area contributed by atoms with E-state index in [4.69, 9.17) is 16.9 Å². The highest BCUT2D eigenvalue weighted by molar-refractivity contribution is 6.30. The van der Waals surface area contributed by atoms with Crippen LogP contribution in [0.3, 0.4) is 0 Å². The summed E-state index contributed by atoms with van der Waals surface area (Å²) in [5.74, 6) is -0.0194. The SMILES string of the molecule is CCCC(=O)N(C)C(C#N)c1ccc(Cl)cc1. The van der Waals surface area contributed by atoms with E-state index in [0.717, 1.165) is 12.0 Å². The van der Waals surface area contributed by atoms with Gasteiger partial charge in [0.25, 0.3) is 0 Å². The molecule has 1 aromatic rings. The lowest BCUT2D eigenvalue weighted by Gasteiger charge is -2.23. The van der Waals surface area contributed by atoms with Crippen molar-refractivity contribution < 1.29 is 4.79 Å². The molecule has 0 aliphatic rings. The van der Waals surface area contributed by atoms with Gasteiger partial charge in [-0.2, -0.15) is 5.26 Å². The summed E-state index contributed by atoms with van der Waals surface area (Å²) in [5.41, 5.74) is 0.781. The van der Waals surface area contributed by atoms with Crippen molar-refractivity contribution in [2.45, 2.75) is 25.8 Å². The van der Waals surface area contributed by atoms with Crippen molar-refractivity contribution in [2.75, 3.05) is 7.05 Å². The van der Waals surface area contributed by atoms with Gasteiger partial charge in [0.1, 0.15) is 6.04 Å². The van der Waals surface area contributed by atoms with Gasteiger partial charge in [0.15, 0.2) is 0 Å². The minimum atomic E-state index is -0.550. The minimum absolute atomic E-state index is 0.0194. The van der Waals surface area contributed by atoms with Crippen LogP contribution in [0.1, 0.15) is 31.4 Å². The molecule has 0 aliphatic carbocycles. The maximum atomic E-state index is 11.7. The first-order valence-electron chi connectivity index (χ1n) is 5.51. The Morgan fingerprint density at radius 2 is 2.06 bits per heavy atom. The van der Waals surface area contributed by atoms with Gasteiger partial charge in [0, 0.05) is 18.5 Å². The number of nitriles is 1. The molecule has 1 atom stereocenters.